The van der Waals surface area contributed by atoms with Crippen molar-refractivity contribution in [3.05, 3.63) is 64.4 Å². The molecule has 0 unspecified atom stereocenters. The molecule has 98 valence electrons. The molecule has 0 fully saturated rings. The highest BCUT2D eigenvalue weighted by Crippen LogP contribution is 2.22. The molecule has 2 rings (SSSR count). The highest BCUT2D eigenvalue weighted by molar-refractivity contribution is 6.31. The highest BCUT2D eigenvalue weighted by Gasteiger charge is 2.07. The lowest BCUT2D eigenvalue weighted by molar-refractivity contribution is 0.101. The number of benzene rings is 2. The van der Waals surface area contributed by atoms with Crippen LogP contribution in [0.3, 0.4) is 0 Å². The van der Waals surface area contributed by atoms with Crippen molar-refractivity contribution in [1.82, 2.24) is 0 Å². The van der Waals surface area contributed by atoms with Gasteiger partial charge < -0.3 is 4.74 Å². The van der Waals surface area contributed by atoms with Crippen molar-refractivity contribution in [2.45, 2.75) is 13.5 Å². The number of carbonyl (C=O) groups is 1. The number of carbonyl (C=O) groups excluding carboxylic acids is 1. The molecule has 0 aromatic heterocycles. The molecular formula is C15H12ClFO2. The standard InChI is InChI=1S/C15H12ClFO2/c1-10(18)11-4-2-6-13(8-11)19-9-12-5-3-7-14(17)15(12)16/h2-8H,9H2,1H3. The van der Waals surface area contributed by atoms with E-state index in [0.29, 0.717) is 16.9 Å². The van der Waals surface area contributed by atoms with Gasteiger partial charge >= 0.3 is 0 Å². The van der Waals surface area contributed by atoms with Gasteiger partial charge in [0.25, 0.3) is 0 Å². The van der Waals surface area contributed by atoms with E-state index in [2.05, 4.69) is 0 Å². The van der Waals surface area contributed by atoms with E-state index >= 15 is 0 Å². The third-order valence-electron chi connectivity index (χ3n) is 2.67. The van der Waals surface area contributed by atoms with Crippen molar-refractivity contribution in [1.29, 1.82) is 0 Å². The molecule has 0 bridgehead atoms. The lowest BCUT2D eigenvalue weighted by Crippen LogP contribution is -1.99. The number of ether oxygens (including phenoxy) is 1. The van der Waals surface area contributed by atoms with E-state index in [1.165, 1.54) is 13.0 Å². The summed E-state index contributed by atoms with van der Waals surface area (Å²) >= 11 is 5.83. The van der Waals surface area contributed by atoms with E-state index in [9.17, 15) is 9.18 Å². The first-order valence-corrected chi connectivity index (χ1v) is 6.12. The summed E-state index contributed by atoms with van der Waals surface area (Å²) in [7, 11) is 0. The maximum Gasteiger partial charge on any atom is 0.159 e. The van der Waals surface area contributed by atoms with Crippen LogP contribution in [0.4, 0.5) is 4.39 Å². The Kier molecular flexibility index (Phi) is 4.17. The normalized spacial score (nSPS) is 10.3. The van der Waals surface area contributed by atoms with E-state index in [1.807, 2.05) is 0 Å². The van der Waals surface area contributed by atoms with Crippen LogP contribution in [0.15, 0.2) is 42.5 Å². The van der Waals surface area contributed by atoms with Crippen molar-refractivity contribution in [2.75, 3.05) is 0 Å². The Hall–Kier alpha value is -1.87. The van der Waals surface area contributed by atoms with Crippen molar-refractivity contribution in [3.8, 4) is 5.75 Å². The fraction of sp³-hybridized carbons (Fsp3) is 0.133. The summed E-state index contributed by atoms with van der Waals surface area (Å²) in [5.74, 6) is 0.0440. The van der Waals surface area contributed by atoms with Crippen LogP contribution in [0.2, 0.25) is 5.02 Å². The van der Waals surface area contributed by atoms with Gasteiger partial charge in [0.15, 0.2) is 5.78 Å². The first kappa shape index (κ1) is 13.6. The predicted octanol–water partition coefficient (Wildman–Crippen LogP) is 4.26. The second kappa shape index (κ2) is 5.85. The summed E-state index contributed by atoms with van der Waals surface area (Å²) in [6.45, 7) is 1.64. The van der Waals surface area contributed by atoms with Crippen LogP contribution in [0.5, 0.6) is 5.75 Å². The molecule has 0 amide bonds. The van der Waals surface area contributed by atoms with E-state index in [0.717, 1.165) is 0 Å². The molecule has 4 heteroatoms. The molecule has 2 aromatic rings. The third-order valence-corrected chi connectivity index (χ3v) is 3.09. The van der Waals surface area contributed by atoms with Crippen LogP contribution in [0, 0.1) is 5.82 Å². The Balaban J connectivity index is 2.12. The van der Waals surface area contributed by atoms with Crippen LogP contribution in [0.25, 0.3) is 0 Å². The molecule has 0 saturated heterocycles. The van der Waals surface area contributed by atoms with E-state index in [4.69, 9.17) is 16.3 Å². The Morgan fingerprint density at radius 3 is 2.74 bits per heavy atom. The molecule has 0 heterocycles. The maximum atomic E-state index is 13.2. The minimum Gasteiger partial charge on any atom is -0.489 e. The lowest BCUT2D eigenvalue weighted by atomic mass is 10.1. The number of rotatable bonds is 4. The van der Waals surface area contributed by atoms with Gasteiger partial charge in [-0.15, -0.1) is 0 Å². The molecular weight excluding hydrogens is 267 g/mol. The quantitative estimate of drug-likeness (QED) is 0.781. The third kappa shape index (κ3) is 3.32. The fourth-order valence-corrected chi connectivity index (χ4v) is 1.81. The van der Waals surface area contributed by atoms with Crippen LogP contribution in [-0.2, 0) is 6.61 Å². The monoisotopic (exact) mass is 278 g/mol. The molecule has 2 nitrogen and oxygen atoms in total. The van der Waals surface area contributed by atoms with Gasteiger partial charge in [0.05, 0.1) is 5.02 Å². The van der Waals surface area contributed by atoms with Gasteiger partial charge in [0, 0.05) is 11.1 Å². The Bertz CT molecular complexity index is 611. The van der Waals surface area contributed by atoms with Crippen molar-refractivity contribution in [3.63, 3.8) is 0 Å². The fourth-order valence-electron chi connectivity index (χ4n) is 1.63. The molecule has 0 aliphatic carbocycles. The zero-order valence-corrected chi connectivity index (χ0v) is 11.1. The number of Topliss-reactive ketones (excluding diaryl/α,β-unsaturated/α-hetero) is 1. The molecule has 2 aromatic carbocycles. The van der Waals surface area contributed by atoms with Gasteiger partial charge in [0.2, 0.25) is 0 Å². The number of ketones is 1. The molecule has 19 heavy (non-hydrogen) atoms. The molecule has 0 N–H and O–H groups in total. The van der Waals surface area contributed by atoms with Gasteiger partial charge in [-0.3, -0.25) is 4.79 Å². The minimum atomic E-state index is -0.472. The summed E-state index contributed by atoms with van der Waals surface area (Å²) in [5.41, 5.74) is 1.14. The molecule has 0 saturated carbocycles. The zero-order valence-electron chi connectivity index (χ0n) is 10.3. The summed E-state index contributed by atoms with van der Waals surface area (Å²) < 4.78 is 18.8. The van der Waals surface area contributed by atoms with Gasteiger partial charge in [0.1, 0.15) is 18.2 Å². The van der Waals surface area contributed by atoms with Gasteiger partial charge in [-0.1, -0.05) is 35.9 Å². The topological polar surface area (TPSA) is 26.3 Å². The Morgan fingerprint density at radius 2 is 2.00 bits per heavy atom. The lowest BCUT2D eigenvalue weighted by Gasteiger charge is -2.09. The number of hydrogen-bond acceptors (Lipinski definition) is 2. The summed E-state index contributed by atoms with van der Waals surface area (Å²) in [5, 5.41) is 0.0604. The average Bonchev–Trinajstić information content (AvgIpc) is 2.41. The van der Waals surface area contributed by atoms with Crippen LogP contribution >= 0.6 is 11.6 Å². The SMILES string of the molecule is CC(=O)c1cccc(OCc2cccc(F)c2Cl)c1. The van der Waals surface area contributed by atoms with Crippen molar-refractivity contribution in [2.24, 2.45) is 0 Å². The molecule has 0 aliphatic rings. The molecule has 0 aliphatic heterocycles. The summed E-state index contributed by atoms with van der Waals surface area (Å²) in [6.07, 6.45) is 0. The second-order valence-corrected chi connectivity index (χ2v) is 4.46. The van der Waals surface area contributed by atoms with Crippen LogP contribution < -0.4 is 4.74 Å². The molecule has 0 radical (unpaired) electrons. The van der Waals surface area contributed by atoms with E-state index in [1.54, 1.807) is 36.4 Å². The van der Waals surface area contributed by atoms with Crippen molar-refractivity contribution >= 4 is 17.4 Å². The molecule has 0 atom stereocenters. The smallest absolute Gasteiger partial charge is 0.159 e. The highest BCUT2D eigenvalue weighted by atomic mass is 35.5. The minimum absolute atomic E-state index is 0.0331. The van der Waals surface area contributed by atoms with Crippen LogP contribution in [0.1, 0.15) is 22.8 Å². The maximum absolute atomic E-state index is 13.2. The first-order valence-electron chi connectivity index (χ1n) is 5.74. The Labute approximate surface area is 115 Å². The first-order chi connectivity index (χ1) is 9.08. The second-order valence-electron chi connectivity index (χ2n) is 4.09. The summed E-state index contributed by atoms with van der Waals surface area (Å²) in [6, 6.07) is 11.4. The summed E-state index contributed by atoms with van der Waals surface area (Å²) in [4.78, 5) is 11.2. The van der Waals surface area contributed by atoms with Gasteiger partial charge in [-0.25, -0.2) is 4.39 Å². The van der Waals surface area contributed by atoms with E-state index in [-0.39, 0.29) is 17.4 Å². The van der Waals surface area contributed by atoms with Gasteiger partial charge in [-0.05, 0) is 25.1 Å². The van der Waals surface area contributed by atoms with Gasteiger partial charge in [-0.2, -0.15) is 0 Å². The number of hydrogen-bond donors (Lipinski definition) is 0. The number of halogens is 2. The van der Waals surface area contributed by atoms with Crippen LogP contribution in [-0.4, -0.2) is 5.78 Å². The van der Waals surface area contributed by atoms with E-state index < -0.39 is 5.82 Å². The Morgan fingerprint density at radius 1 is 1.26 bits per heavy atom. The average molecular weight is 279 g/mol. The molecule has 0 spiro atoms. The van der Waals surface area contributed by atoms with Crippen molar-refractivity contribution < 1.29 is 13.9 Å². The predicted molar refractivity (Wildman–Crippen MR) is 72.2 cm³/mol. The zero-order chi connectivity index (χ0) is 13.8. The largest absolute Gasteiger partial charge is 0.489 e.